The van der Waals surface area contributed by atoms with Gasteiger partial charge in [0.05, 0.1) is 11.3 Å². The fourth-order valence-corrected chi connectivity index (χ4v) is 2.69. The van der Waals surface area contributed by atoms with Gasteiger partial charge in [0.1, 0.15) is 0 Å². The van der Waals surface area contributed by atoms with Gasteiger partial charge in [0, 0.05) is 23.8 Å². The minimum atomic E-state index is -4.34. The first kappa shape index (κ1) is 15.7. The summed E-state index contributed by atoms with van der Waals surface area (Å²) in [5.41, 5.74) is 7.46. The van der Waals surface area contributed by atoms with Gasteiger partial charge in [-0.3, -0.25) is 0 Å². The van der Waals surface area contributed by atoms with E-state index in [1.807, 2.05) is 23.1 Å². The van der Waals surface area contributed by atoms with E-state index < -0.39 is 11.7 Å². The van der Waals surface area contributed by atoms with Gasteiger partial charge in [0.25, 0.3) is 0 Å². The molecule has 0 saturated heterocycles. The molecule has 2 rings (SSSR count). The van der Waals surface area contributed by atoms with Crippen LogP contribution in [0.25, 0.3) is 0 Å². The highest BCUT2D eigenvalue weighted by Gasteiger charge is 2.31. The summed E-state index contributed by atoms with van der Waals surface area (Å²) in [5, 5.41) is 0. The van der Waals surface area contributed by atoms with Gasteiger partial charge in [0.2, 0.25) is 0 Å². The third-order valence-electron chi connectivity index (χ3n) is 3.15. The molecule has 2 N–H and O–H groups in total. The maximum atomic E-state index is 12.6. The van der Waals surface area contributed by atoms with Gasteiger partial charge >= 0.3 is 6.18 Å². The lowest BCUT2D eigenvalue weighted by Crippen LogP contribution is -2.18. The van der Waals surface area contributed by atoms with Crippen molar-refractivity contribution in [3.63, 3.8) is 0 Å². The van der Waals surface area contributed by atoms with E-state index in [1.165, 1.54) is 6.07 Å². The van der Waals surface area contributed by atoms with Crippen molar-refractivity contribution >= 4 is 27.3 Å². The molecule has 112 valence electrons. The topological polar surface area (TPSA) is 29.3 Å². The molecule has 21 heavy (non-hydrogen) atoms. The van der Waals surface area contributed by atoms with Crippen LogP contribution in [0.3, 0.4) is 0 Å². The number of anilines is 2. The van der Waals surface area contributed by atoms with Crippen molar-refractivity contribution in [1.29, 1.82) is 0 Å². The standard InChI is InChI=1S/C15H14BrF3N2/c1-21(9-10-4-2-3-5-13(10)20)14-7-6-11(8-12(14)16)15(17,18)19/h2-8H,9,20H2,1H3. The second-order valence-electron chi connectivity index (χ2n) is 4.72. The lowest BCUT2D eigenvalue weighted by Gasteiger charge is -2.22. The van der Waals surface area contributed by atoms with Crippen LogP contribution < -0.4 is 10.6 Å². The van der Waals surface area contributed by atoms with Gasteiger partial charge in [-0.1, -0.05) is 18.2 Å². The number of hydrogen-bond donors (Lipinski definition) is 1. The second-order valence-corrected chi connectivity index (χ2v) is 5.57. The zero-order valence-corrected chi connectivity index (χ0v) is 12.9. The molecule has 0 amide bonds. The molecule has 0 aliphatic rings. The Morgan fingerprint density at radius 1 is 1.14 bits per heavy atom. The van der Waals surface area contributed by atoms with E-state index in [1.54, 1.807) is 13.1 Å². The number of nitrogens with zero attached hydrogens (tertiary/aromatic N) is 1. The molecule has 2 aromatic carbocycles. The summed E-state index contributed by atoms with van der Waals surface area (Å²) in [4.78, 5) is 1.84. The smallest absolute Gasteiger partial charge is 0.398 e. The van der Waals surface area contributed by atoms with Crippen molar-refractivity contribution < 1.29 is 13.2 Å². The first-order chi connectivity index (χ1) is 9.79. The second kappa shape index (κ2) is 5.97. The van der Waals surface area contributed by atoms with Crippen molar-refractivity contribution in [2.75, 3.05) is 17.7 Å². The monoisotopic (exact) mass is 358 g/mol. The Morgan fingerprint density at radius 3 is 2.38 bits per heavy atom. The van der Waals surface area contributed by atoms with Gasteiger partial charge in [0.15, 0.2) is 0 Å². The van der Waals surface area contributed by atoms with Crippen molar-refractivity contribution in [3.8, 4) is 0 Å². The quantitative estimate of drug-likeness (QED) is 0.806. The van der Waals surface area contributed by atoms with Gasteiger partial charge in [-0.2, -0.15) is 13.2 Å². The SMILES string of the molecule is CN(Cc1ccccc1N)c1ccc(C(F)(F)F)cc1Br. The number of para-hydroxylation sites is 1. The maximum absolute atomic E-state index is 12.6. The number of rotatable bonds is 3. The molecule has 0 aliphatic heterocycles. The van der Waals surface area contributed by atoms with Crippen molar-refractivity contribution in [2.45, 2.75) is 12.7 Å². The zero-order chi connectivity index (χ0) is 15.6. The van der Waals surface area contributed by atoms with E-state index in [0.717, 1.165) is 17.7 Å². The van der Waals surface area contributed by atoms with Gasteiger partial charge < -0.3 is 10.6 Å². The summed E-state index contributed by atoms with van der Waals surface area (Å²) in [6.07, 6.45) is -4.34. The van der Waals surface area contributed by atoms with Crippen LogP contribution in [0.15, 0.2) is 46.9 Å². The lowest BCUT2D eigenvalue weighted by atomic mass is 10.1. The predicted molar refractivity (Wildman–Crippen MR) is 82.1 cm³/mol. The van der Waals surface area contributed by atoms with Gasteiger partial charge in [-0.05, 0) is 45.8 Å². The lowest BCUT2D eigenvalue weighted by molar-refractivity contribution is -0.137. The van der Waals surface area contributed by atoms with E-state index in [-0.39, 0.29) is 0 Å². The normalized spacial score (nSPS) is 11.5. The molecule has 0 spiro atoms. The highest BCUT2D eigenvalue weighted by atomic mass is 79.9. The van der Waals surface area contributed by atoms with E-state index in [9.17, 15) is 13.2 Å². The van der Waals surface area contributed by atoms with Crippen LogP contribution in [0.5, 0.6) is 0 Å². The van der Waals surface area contributed by atoms with E-state index >= 15 is 0 Å². The summed E-state index contributed by atoms with van der Waals surface area (Å²) in [7, 11) is 1.81. The third kappa shape index (κ3) is 3.69. The van der Waals surface area contributed by atoms with Gasteiger partial charge in [-0.25, -0.2) is 0 Å². The number of alkyl halides is 3. The van der Waals surface area contributed by atoms with Crippen molar-refractivity contribution in [2.24, 2.45) is 0 Å². The van der Waals surface area contributed by atoms with Crippen LogP contribution in [0.4, 0.5) is 24.5 Å². The summed E-state index contributed by atoms with van der Waals surface area (Å²) in [6, 6.07) is 11.0. The fourth-order valence-electron chi connectivity index (χ4n) is 2.01. The van der Waals surface area contributed by atoms with E-state index in [2.05, 4.69) is 15.9 Å². The summed E-state index contributed by atoms with van der Waals surface area (Å²) in [6.45, 7) is 0.511. The van der Waals surface area contributed by atoms with Crippen LogP contribution >= 0.6 is 15.9 Å². The van der Waals surface area contributed by atoms with Crippen LogP contribution in [0.2, 0.25) is 0 Å². The molecule has 2 aromatic rings. The number of hydrogen-bond acceptors (Lipinski definition) is 2. The highest BCUT2D eigenvalue weighted by molar-refractivity contribution is 9.10. The molecule has 0 saturated carbocycles. The number of nitrogen functional groups attached to an aromatic ring is 1. The minimum absolute atomic E-state index is 0.398. The van der Waals surface area contributed by atoms with Crippen LogP contribution in [0, 0.1) is 0 Å². The third-order valence-corrected chi connectivity index (χ3v) is 3.78. The molecule has 0 aliphatic carbocycles. The van der Waals surface area contributed by atoms with Crippen LogP contribution in [0.1, 0.15) is 11.1 Å². The van der Waals surface area contributed by atoms with E-state index in [4.69, 9.17) is 5.73 Å². The number of benzene rings is 2. The molecule has 0 fully saturated rings. The first-order valence-electron chi connectivity index (χ1n) is 6.20. The Morgan fingerprint density at radius 2 is 1.81 bits per heavy atom. The summed E-state index contributed by atoms with van der Waals surface area (Å²) >= 11 is 3.20. The Balaban J connectivity index is 2.24. The van der Waals surface area contributed by atoms with Crippen molar-refractivity contribution in [1.82, 2.24) is 0 Å². The molecule has 0 bridgehead atoms. The average Bonchev–Trinajstić information content (AvgIpc) is 2.40. The first-order valence-corrected chi connectivity index (χ1v) is 6.99. The molecular formula is C15H14BrF3N2. The Hall–Kier alpha value is -1.69. The molecule has 0 heterocycles. The molecule has 0 unspecified atom stereocenters. The zero-order valence-electron chi connectivity index (χ0n) is 11.3. The Labute approximate surface area is 129 Å². The largest absolute Gasteiger partial charge is 0.416 e. The fraction of sp³-hybridized carbons (Fsp3) is 0.200. The summed E-state index contributed by atoms with van der Waals surface area (Å²) in [5.74, 6) is 0. The molecule has 0 radical (unpaired) electrons. The molecule has 0 atom stereocenters. The van der Waals surface area contributed by atoms with Crippen LogP contribution in [-0.2, 0) is 12.7 Å². The molecule has 2 nitrogen and oxygen atoms in total. The Bertz CT molecular complexity index is 641. The molecular weight excluding hydrogens is 345 g/mol. The van der Waals surface area contributed by atoms with Crippen molar-refractivity contribution in [3.05, 3.63) is 58.1 Å². The molecule has 6 heteroatoms. The number of halogens is 4. The van der Waals surface area contributed by atoms with Gasteiger partial charge in [-0.15, -0.1) is 0 Å². The summed E-state index contributed by atoms with van der Waals surface area (Å²) < 4.78 is 38.3. The predicted octanol–water partition coefficient (Wildman–Crippen LogP) is 4.69. The van der Waals surface area contributed by atoms with E-state index in [0.29, 0.717) is 22.4 Å². The van der Waals surface area contributed by atoms with Crippen LogP contribution in [-0.4, -0.2) is 7.05 Å². The molecule has 0 aromatic heterocycles. The number of nitrogens with two attached hydrogens (primary N) is 1. The highest BCUT2D eigenvalue weighted by Crippen LogP contribution is 2.35. The Kier molecular flexibility index (Phi) is 4.46. The average molecular weight is 359 g/mol. The maximum Gasteiger partial charge on any atom is 0.416 e. The minimum Gasteiger partial charge on any atom is -0.398 e.